The number of nitrogens with zero attached hydrogens (tertiary/aromatic N) is 2. The fourth-order valence-electron chi connectivity index (χ4n) is 3.05. The van der Waals surface area contributed by atoms with Crippen molar-refractivity contribution in [3.05, 3.63) is 53.3 Å². The standard InChI is InChI=1S/C19H18F3N3O2S/c1-12-4-5-16-13(9-12)3-2-8-25(16)18(27)28-11-17(26)24-15-10-23-7-6-14(15)19(20,21)22/h4-7,9-10H,2-3,8,11H2,1H3,(H,24,26). The molecule has 1 aliphatic rings. The summed E-state index contributed by atoms with van der Waals surface area (Å²) < 4.78 is 38.9. The number of carbonyl (C=O) groups is 2. The van der Waals surface area contributed by atoms with Crippen LogP contribution in [0, 0.1) is 6.92 Å². The second-order valence-electron chi connectivity index (χ2n) is 6.41. The number of anilines is 2. The molecule has 2 heterocycles. The van der Waals surface area contributed by atoms with Gasteiger partial charge in [-0.1, -0.05) is 29.5 Å². The number of hydrogen-bond donors (Lipinski definition) is 1. The first-order valence-corrected chi connectivity index (χ1v) is 9.59. The number of rotatable bonds is 3. The lowest BCUT2D eigenvalue weighted by Gasteiger charge is -2.29. The van der Waals surface area contributed by atoms with E-state index in [1.54, 1.807) is 4.90 Å². The Hall–Kier alpha value is -2.55. The molecule has 0 radical (unpaired) electrons. The molecule has 0 saturated heterocycles. The van der Waals surface area contributed by atoms with Crippen LogP contribution < -0.4 is 10.2 Å². The van der Waals surface area contributed by atoms with E-state index in [0.29, 0.717) is 6.54 Å². The molecule has 0 atom stereocenters. The smallest absolute Gasteiger partial charge is 0.323 e. The van der Waals surface area contributed by atoms with Crippen LogP contribution in [0.2, 0.25) is 0 Å². The summed E-state index contributed by atoms with van der Waals surface area (Å²) >= 11 is 0.765. The number of alkyl halides is 3. The molecule has 0 fully saturated rings. The first-order chi connectivity index (χ1) is 13.3. The molecule has 2 amide bonds. The van der Waals surface area contributed by atoms with E-state index >= 15 is 0 Å². The molecule has 1 aliphatic heterocycles. The maximum Gasteiger partial charge on any atom is 0.418 e. The summed E-state index contributed by atoms with van der Waals surface area (Å²) in [6.45, 7) is 2.53. The topological polar surface area (TPSA) is 62.3 Å². The van der Waals surface area contributed by atoms with Crippen LogP contribution in [0.25, 0.3) is 0 Å². The molecule has 5 nitrogen and oxygen atoms in total. The molecular weight excluding hydrogens is 391 g/mol. The second-order valence-corrected chi connectivity index (χ2v) is 7.34. The van der Waals surface area contributed by atoms with E-state index in [1.807, 2.05) is 25.1 Å². The molecule has 0 aliphatic carbocycles. The van der Waals surface area contributed by atoms with E-state index in [0.717, 1.165) is 59.9 Å². The zero-order valence-corrected chi connectivity index (χ0v) is 15.9. The Kier molecular flexibility index (Phi) is 5.93. The van der Waals surface area contributed by atoms with Gasteiger partial charge in [0.25, 0.3) is 5.24 Å². The summed E-state index contributed by atoms with van der Waals surface area (Å²) in [7, 11) is 0. The van der Waals surface area contributed by atoms with Crippen molar-refractivity contribution < 1.29 is 22.8 Å². The van der Waals surface area contributed by atoms with E-state index in [1.165, 1.54) is 0 Å². The van der Waals surface area contributed by atoms with Gasteiger partial charge in [0.15, 0.2) is 0 Å². The molecule has 1 N–H and O–H groups in total. The third-order valence-electron chi connectivity index (χ3n) is 4.30. The molecule has 3 rings (SSSR count). The number of amides is 2. The third-order valence-corrected chi connectivity index (χ3v) is 5.18. The van der Waals surface area contributed by atoms with Crippen molar-refractivity contribution in [2.24, 2.45) is 0 Å². The second kappa shape index (κ2) is 8.22. The molecule has 0 saturated carbocycles. The highest BCUT2D eigenvalue weighted by atomic mass is 32.2. The first-order valence-electron chi connectivity index (χ1n) is 8.60. The SMILES string of the molecule is Cc1ccc2c(c1)CCCN2C(=O)SCC(=O)Nc1cnccc1C(F)(F)F. The van der Waals surface area contributed by atoms with Crippen LogP contribution in [0.15, 0.2) is 36.7 Å². The lowest BCUT2D eigenvalue weighted by atomic mass is 10.0. The van der Waals surface area contributed by atoms with Crippen molar-refractivity contribution in [3.8, 4) is 0 Å². The van der Waals surface area contributed by atoms with E-state index < -0.39 is 23.3 Å². The van der Waals surface area contributed by atoms with E-state index in [4.69, 9.17) is 0 Å². The van der Waals surface area contributed by atoms with Crippen LogP contribution in [0.1, 0.15) is 23.1 Å². The molecule has 2 aromatic rings. The van der Waals surface area contributed by atoms with Gasteiger partial charge in [0, 0.05) is 18.4 Å². The van der Waals surface area contributed by atoms with Crippen LogP contribution in [0.4, 0.5) is 29.3 Å². The van der Waals surface area contributed by atoms with Crippen molar-refractivity contribution >= 4 is 34.3 Å². The average Bonchev–Trinajstić information content (AvgIpc) is 2.65. The van der Waals surface area contributed by atoms with E-state index in [-0.39, 0.29) is 11.0 Å². The van der Waals surface area contributed by atoms with Gasteiger partial charge in [0.1, 0.15) is 0 Å². The third kappa shape index (κ3) is 4.64. The minimum atomic E-state index is -4.61. The Morgan fingerprint density at radius 3 is 2.82 bits per heavy atom. The monoisotopic (exact) mass is 409 g/mol. The molecule has 1 aromatic carbocycles. The van der Waals surface area contributed by atoms with Gasteiger partial charge in [-0.25, -0.2) is 0 Å². The Bertz CT molecular complexity index is 902. The van der Waals surface area contributed by atoms with Crippen LogP contribution in [0.3, 0.4) is 0 Å². The maximum absolute atomic E-state index is 13.0. The van der Waals surface area contributed by atoms with Crippen molar-refractivity contribution in [1.82, 2.24) is 4.98 Å². The van der Waals surface area contributed by atoms with E-state index in [2.05, 4.69) is 10.3 Å². The normalized spacial score (nSPS) is 13.8. The van der Waals surface area contributed by atoms with Crippen LogP contribution in [0.5, 0.6) is 0 Å². The highest BCUT2D eigenvalue weighted by Gasteiger charge is 2.34. The lowest BCUT2D eigenvalue weighted by molar-refractivity contribution is -0.137. The summed E-state index contributed by atoms with van der Waals surface area (Å²) in [5, 5.41) is 1.89. The van der Waals surface area contributed by atoms with Crippen molar-refractivity contribution in [3.63, 3.8) is 0 Å². The molecule has 1 aromatic heterocycles. The minimum Gasteiger partial charge on any atom is -0.323 e. The van der Waals surface area contributed by atoms with E-state index in [9.17, 15) is 22.8 Å². The molecule has 148 valence electrons. The number of aromatic nitrogens is 1. The summed E-state index contributed by atoms with van der Waals surface area (Å²) in [5.74, 6) is -0.985. The summed E-state index contributed by atoms with van der Waals surface area (Å²) in [6, 6.07) is 6.63. The zero-order valence-electron chi connectivity index (χ0n) is 15.0. The molecule has 28 heavy (non-hydrogen) atoms. The molecular formula is C19H18F3N3O2S. The summed E-state index contributed by atoms with van der Waals surface area (Å²) in [5.41, 5.74) is 1.60. The van der Waals surface area contributed by atoms with Crippen LogP contribution in [-0.4, -0.2) is 28.4 Å². The number of halogens is 3. The van der Waals surface area contributed by atoms with Crippen molar-refractivity contribution in [2.75, 3.05) is 22.5 Å². The Morgan fingerprint density at radius 1 is 1.29 bits per heavy atom. The average molecular weight is 409 g/mol. The van der Waals surface area contributed by atoms with Crippen molar-refractivity contribution in [1.29, 1.82) is 0 Å². The van der Waals surface area contributed by atoms with Gasteiger partial charge in [0.05, 0.1) is 23.2 Å². The highest BCUT2D eigenvalue weighted by molar-refractivity contribution is 8.14. The summed E-state index contributed by atoms with van der Waals surface area (Å²) in [4.78, 5) is 29.8. The number of thioether (sulfide) groups is 1. The number of carbonyl (C=O) groups excluding carboxylic acids is 2. The van der Waals surface area contributed by atoms with Crippen molar-refractivity contribution in [2.45, 2.75) is 25.9 Å². The van der Waals surface area contributed by atoms with Gasteiger partial charge >= 0.3 is 6.18 Å². The number of pyridine rings is 1. The van der Waals surface area contributed by atoms with Gasteiger partial charge in [-0.15, -0.1) is 0 Å². The van der Waals surface area contributed by atoms with Gasteiger partial charge in [-0.3, -0.25) is 14.6 Å². The predicted molar refractivity (Wildman–Crippen MR) is 103 cm³/mol. The molecule has 0 unspecified atom stereocenters. The number of aryl methyl sites for hydroxylation is 2. The fourth-order valence-corrected chi connectivity index (χ4v) is 3.72. The zero-order chi connectivity index (χ0) is 20.3. The molecule has 9 heteroatoms. The molecule has 0 bridgehead atoms. The van der Waals surface area contributed by atoms with Gasteiger partial charge in [0.2, 0.25) is 5.91 Å². The Morgan fingerprint density at radius 2 is 2.07 bits per heavy atom. The molecule has 0 spiro atoms. The summed E-state index contributed by atoms with van der Waals surface area (Å²) in [6.07, 6.45) is -0.959. The fraction of sp³-hybridized carbons (Fsp3) is 0.316. The Balaban J connectivity index is 1.63. The largest absolute Gasteiger partial charge is 0.418 e. The van der Waals surface area contributed by atoms with Gasteiger partial charge in [-0.2, -0.15) is 13.2 Å². The Labute approximate surface area is 164 Å². The van der Waals surface area contributed by atoms with Crippen LogP contribution in [-0.2, 0) is 17.4 Å². The number of hydrogen-bond acceptors (Lipinski definition) is 4. The predicted octanol–water partition coefficient (Wildman–Crippen LogP) is 4.65. The number of nitrogens with one attached hydrogen (secondary N) is 1. The highest BCUT2D eigenvalue weighted by Crippen LogP contribution is 2.34. The quantitative estimate of drug-likeness (QED) is 0.801. The maximum atomic E-state index is 13.0. The minimum absolute atomic E-state index is 0.289. The number of benzene rings is 1. The lowest BCUT2D eigenvalue weighted by Crippen LogP contribution is -2.33. The number of fused-ring (bicyclic) bond motifs is 1. The first kappa shape index (κ1) is 20.2. The van der Waals surface area contributed by atoms with Crippen LogP contribution >= 0.6 is 11.8 Å². The van der Waals surface area contributed by atoms with Gasteiger partial charge < -0.3 is 10.2 Å². The van der Waals surface area contributed by atoms with Gasteiger partial charge in [-0.05, 0) is 37.5 Å².